The van der Waals surface area contributed by atoms with Crippen LogP contribution in [0, 0.1) is 5.92 Å². The van der Waals surface area contributed by atoms with E-state index < -0.39 is 0 Å². The highest BCUT2D eigenvalue weighted by Crippen LogP contribution is 2.31. The number of carbonyl (C=O) groups is 2. The van der Waals surface area contributed by atoms with Gasteiger partial charge in [-0.3, -0.25) is 14.5 Å². The predicted molar refractivity (Wildman–Crippen MR) is 173 cm³/mol. The summed E-state index contributed by atoms with van der Waals surface area (Å²) in [4.78, 5) is 32.2. The Hall–Kier alpha value is -3.92. The van der Waals surface area contributed by atoms with E-state index in [-0.39, 0.29) is 36.5 Å². The number of ether oxygens (including phenoxy) is 2. The van der Waals surface area contributed by atoms with Crippen molar-refractivity contribution in [1.82, 2.24) is 14.7 Å². The van der Waals surface area contributed by atoms with Gasteiger partial charge in [-0.15, -0.1) is 0 Å². The Kier molecular flexibility index (Phi) is 11.8. The number of likely N-dealkylation sites (N-methyl/N-ethyl adjacent to an activating group) is 1. The highest BCUT2D eigenvalue weighted by molar-refractivity contribution is 5.99. The van der Waals surface area contributed by atoms with Crippen LogP contribution >= 0.6 is 0 Å². The van der Waals surface area contributed by atoms with Crippen LogP contribution in [0.5, 0.6) is 17.2 Å². The number of benzene rings is 3. The Morgan fingerprint density at radius 1 is 1.07 bits per heavy atom. The Morgan fingerprint density at radius 2 is 1.77 bits per heavy atom. The molecule has 0 aromatic heterocycles. The Labute approximate surface area is 261 Å². The second-order valence-corrected chi connectivity index (χ2v) is 12.0. The van der Waals surface area contributed by atoms with E-state index in [0.717, 1.165) is 30.0 Å². The van der Waals surface area contributed by atoms with Crippen LogP contribution < -0.4 is 14.8 Å². The topological polar surface area (TPSA) is 94.6 Å². The highest BCUT2D eigenvalue weighted by Gasteiger charge is 2.33. The molecule has 0 radical (unpaired) electrons. The molecule has 0 fully saturated rings. The third-order valence-electron chi connectivity index (χ3n) is 7.80. The molecule has 3 atom stereocenters. The highest BCUT2D eigenvalue weighted by atomic mass is 16.5. The molecule has 4 rings (SSSR count). The molecule has 3 aromatic carbocycles. The van der Waals surface area contributed by atoms with Crippen LogP contribution in [0.1, 0.15) is 42.6 Å². The van der Waals surface area contributed by atoms with Gasteiger partial charge >= 0.3 is 0 Å². The van der Waals surface area contributed by atoms with Gasteiger partial charge in [0.2, 0.25) is 5.91 Å². The van der Waals surface area contributed by atoms with Crippen molar-refractivity contribution in [3.05, 3.63) is 83.9 Å². The molecule has 9 nitrogen and oxygen atoms in total. The van der Waals surface area contributed by atoms with Crippen molar-refractivity contribution in [2.45, 2.75) is 45.4 Å². The van der Waals surface area contributed by atoms with E-state index in [1.807, 2.05) is 68.4 Å². The number of nitrogens with one attached hydrogen (secondary N) is 1. The molecule has 0 saturated carbocycles. The minimum atomic E-state index is -0.366. The SMILES string of the molecule is C[C@@H]1CN([C@H](C)CO)C(=O)c2cc(NC(=O)CCCN(C)C)ccc2O[C@@H]1CN(C)Cc1ccc(Oc2ccccc2)cc1. The van der Waals surface area contributed by atoms with E-state index in [9.17, 15) is 14.7 Å². The summed E-state index contributed by atoms with van der Waals surface area (Å²) < 4.78 is 12.5. The zero-order valence-electron chi connectivity index (χ0n) is 26.5. The summed E-state index contributed by atoms with van der Waals surface area (Å²) in [6.07, 6.45) is 0.918. The van der Waals surface area contributed by atoms with Crippen molar-refractivity contribution >= 4 is 17.5 Å². The van der Waals surface area contributed by atoms with Crippen LogP contribution in [0.3, 0.4) is 0 Å². The van der Waals surface area contributed by atoms with Gasteiger partial charge in [-0.2, -0.15) is 0 Å². The fourth-order valence-electron chi connectivity index (χ4n) is 5.27. The van der Waals surface area contributed by atoms with Crippen LogP contribution in [0.4, 0.5) is 5.69 Å². The Bertz CT molecular complexity index is 1370. The molecule has 9 heteroatoms. The number of carbonyl (C=O) groups excluding carboxylic acids is 2. The van der Waals surface area contributed by atoms with Gasteiger partial charge in [-0.1, -0.05) is 37.3 Å². The first-order valence-electron chi connectivity index (χ1n) is 15.3. The number of anilines is 1. The van der Waals surface area contributed by atoms with E-state index in [2.05, 4.69) is 36.3 Å². The zero-order valence-corrected chi connectivity index (χ0v) is 26.5. The Morgan fingerprint density at radius 3 is 2.45 bits per heavy atom. The maximum Gasteiger partial charge on any atom is 0.258 e. The Balaban J connectivity index is 1.46. The van der Waals surface area contributed by atoms with Gasteiger partial charge in [0.1, 0.15) is 23.4 Å². The van der Waals surface area contributed by atoms with Crippen LogP contribution in [0.15, 0.2) is 72.8 Å². The fraction of sp³-hybridized carbons (Fsp3) is 0.429. The maximum atomic E-state index is 13.7. The number of hydrogen-bond donors (Lipinski definition) is 2. The molecule has 1 heterocycles. The van der Waals surface area contributed by atoms with Crippen molar-refractivity contribution in [1.29, 1.82) is 0 Å². The average molecular weight is 603 g/mol. The summed E-state index contributed by atoms with van der Waals surface area (Å²) in [5, 5.41) is 12.9. The van der Waals surface area contributed by atoms with Gasteiger partial charge in [0, 0.05) is 37.7 Å². The van der Waals surface area contributed by atoms with Crippen molar-refractivity contribution in [2.24, 2.45) is 5.92 Å². The van der Waals surface area contributed by atoms with E-state index in [4.69, 9.17) is 9.47 Å². The summed E-state index contributed by atoms with van der Waals surface area (Å²) in [5.41, 5.74) is 2.07. The fourth-order valence-corrected chi connectivity index (χ4v) is 5.27. The molecule has 44 heavy (non-hydrogen) atoms. The first-order valence-corrected chi connectivity index (χ1v) is 15.3. The maximum absolute atomic E-state index is 13.7. The summed E-state index contributed by atoms with van der Waals surface area (Å²) in [5.74, 6) is 1.74. The van der Waals surface area contributed by atoms with Gasteiger partial charge in [0.25, 0.3) is 5.91 Å². The number of nitrogens with zero attached hydrogens (tertiary/aromatic N) is 3. The van der Waals surface area contributed by atoms with E-state index >= 15 is 0 Å². The average Bonchev–Trinajstić information content (AvgIpc) is 3.00. The zero-order chi connectivity index (χ0) is 31.6. The van der Waals surface area contributed by atoms with Crippen LogP contribution in [0.2, 0.25) is 0 Å². The van der Waals surface area contributed by atoms with Gasteiger partial charge in [0.05, 0.1) is 18.2 Å². The molecular weight excluding hydrogens is 556 g/mol. The second-order valence-electron chi connectivity index (χ2n) is 12.0. The largest absolute Gasteiger partial charge is 0.488 e. The molecule has 1 aliphatic heterocycles. The number of amides is 2. The molecule has 236 valence electrons. The minimum absolute atomic E-state index is 0.00118. The lowest BCUT2D eigenvalue weighted by Gasteiger charge is -2.38. The minimum Gasteiger partial charge on any atom is -0.488 e. The van der Waals surface area contributed by atoms with Crippen LogP contribution in [-0.2, 0) is 11.3 Å². The van der Waals surface area contributed by atoms with Crippen molar-refractivity contribution in [3.63, 3.8) is 0 Å². The monoisotopic (exact) mass is 602 g/mol. The molecular formula is C35H46N4O5. The number of hydrogen-bond acceptors (Lipinski definition) is 7. The first-order chi connectivity index (χ1) is 21.1. The van der Waals surface area contributed by atoms with E-state index in [1.54, 1.807) is 23.1 Å². The number of para-hydroxylation sites is 1. The molecule has 0 bridgehead atoms. The van der Waals surface area contributed by atoms with Crippen molar-refractivity contribution in [3.8, 4) is 17.2 Å². The van der Waals surface area contributed by atoms with Crippen LogP contribution in [-0.4, -0.2) is 91.2 Å². The predicted octanol–water partition coefficient (Wildman–Crippen LogP) is 5.11. The number of rotatable bonds is 13. The summed E-state index contributed by atoms with van der Waals surface area (Å²) in [7, 11) is 6.00. The molecule has 0 spiro atoms. The third-order valence-corrected chi connectivity index (χ3v) is 7.80. The molecule has 1 aliphatic rings. The van der Waals surface area contributed by atoms with E-state index in [0.29, 0.717) is 43.1 Å². The standard InChI is InChI=1S/C35H46N4O5/c1-25-21-39(26(2)24-40)35(42)31-20-28(36-34(41)12-9-19-37(3)4)15-18-32(31)44-33(25)23-38(5)22-27-13-16-30(17-14-27)43-29-10-7-6-8-11-29/h6-8,10-11,13-18,20,25-26,33,40H,9,12,19,21-24H2,1-5H3,(H,36,41)/t25-,26-,33-/m1/s1. The lowest BCUT2D eigenvalue weighted by atomic mass is 9.99. The number of aliphatic hydroxyl groups is 1. The molecule has 0 aliphatic carbocycles. The summed E-state index contributed by atoms with van der Waals surface area (Å²) in [6, 6.07) is 22.6. The molecule has 2 N–H and O–H groups in total. The van der Waals surface area contributed by atoms with Gasteiger partial charge in [-0.05, 0) is 89.1 Å². The van der Waals surface area contributed by atoms with Crippen molar-refractivity contribution < 1.29 is 24.2 Å². The molecule has 0 saturated heterocycles. The second kappa shape index (κ2) is 15.7. The first kappa shape index (κ1) is 33.0. The lowest BCUT2D eigenvalue weighted by Crippen LogP contribution is -2.49. The molecule has 2 amide bonds. The third kappa shape index (κ3) is 9.29. The number of fused-ring (bicyclic) bond motifs is 1. The number of aliphatic hydroxyl groups excluding tert-OH is 1. The van der Waals surface area contributed by atoms with Crippen LogP contribution in [0.25, 0.3) is 0 Å². The summed E-state index contributed by atoms with van der Waals surface area (Å²) >= 11 is 0. The normalized spacial score (nSPS) is 17.5. The lowest BCUT2D eigenvalue weighted by molar-refractivity contribution is -0.116. The summed E-state index contributed by atoms with van der Waals surface area (Å²) in [6.45, 7) is 6.36. The smallest absolute Gasteiger partial charge is 0.258 e. The quantitative estimate of drug-likeness (QED) is 0.281. The molecule has 0 unspecified atom stereocenters. The van der Waals surface area contributed by atoms with Gasteiger partial charge in [0.15, 0.2) is 0 Å². The van der Waals surface area contributed by atoms with Crippen molar-refractivity contribution in [2.75, 3.05) is 52.7 Å². The van der Waals surface area contributed by atoms with Gasteiger partial charge in [-0.25, -0.2) is 0 Å². The molecule has 3 aromatic rings. The van der Waals surface area contributed by atoms with Gasteiger partial charge < -0.3 is 29.7 Å². The van der Waals surface area contributed by atoms with E-state index in [1.165, 1.54) is 0 Å².